The van der Waals surface area contributed by atoms with Gasteiger partial charge >= 0.3 is 6.34 Å². The fourth-order valence-corrected chi connectivity index (χ4v) is 1.26. The molecule has 1 fully saturated rings. The highest BCUT2D eigenvalue weighted by molar-refractivity contribution is 5.81. The van der Waals surface area contributed by atoms with E-state index in [4.69, 9.17) is 4.74 Å². The fourth-order valence-electron chi connectivity index (χ4n) is 1.26. The molecule has 0 aromatic heterocycles. The molecule has 0 atom stereocenters. The van der Waals surface area contributed by atoms with Crippen molar-refractivity contribution in [3.63, 3.8) is 0 Å². The molecule has 0 saturated carbocycles. The summed E-state index contributed by atoms with van der Waals surface area (Å²) in [5.41, 5.74) is 0. The Morgan fingerprint density at radius 2 is 2.25 bits per heavy atom. The second-order valence-electron chi connectivity index (χ2n) is 2.67. The van der Waals surface area contributed by atoms with Crippen LogP contribution in [0, 0.1) is 0 Å². The molecule has 0 amide bonds. The van der Waals surface area contributed by atoms with E-state index in [2.05, 4.69) is 14.9 Å². The Morgan fingerprint density at radius 3 is 2.92 bits per heavy atom. The molecular weight excluding hydrogens is 154 g/mol. The van der Waals surface area contributed by atoms with Gasteiger partial charge in [-0.25, -0.2) is 0 Å². The Morgan fingerprint density at radius 1 is 1.42 bits per heavy atom. The van der Waals surface area contributed by atoms with Gasteiger partial charge in [0.1, 0.15) is 6.21 Å². The van der Waals surface area contributed by atoms with Crippen molar-refractivity contribution in [1.82, 2.24) is 9.89 Å². The normalized spacial score (nSPS) is 22.7. The van der Waals surface area contributed by atoms with Crippen LogP contribution in [-0.2, 0) is 4.74 Å². The van der Waals surface area contributed by atoms with Crippen LogP contribution >= 0.6 is 0 Å². The Kier molecular flexibility index (Phi) is 2.18. The van der Waals surface area contributed by atoms with Gasteiger partial charge in [-0.2, -0.15) is 0 Å². The average molecular weight is 165 g/mol. The van der Waals surface area contributed by atoms with Crippen LogP contribution in [0.15, 0.2) is 16.9 Å². The van der Waals surface area contributed by atoms with Gasteiger partial charge in [0.25, 0.3) is 0 Å². The average Bonchev–Trinajstić information content (AvgIpc) is 2.21. The number of hydrogen-bond acceptors (Lipinski definition) is 4. The molecule has 4 heteroatoms. The van der Waals surface area contributed by atoms with E-state index in [1.54, 1.807) is 12.6 Å². The van der Waals surface area contributed by atoms with Gasteiger partial charge in [0.2, 0.25) is 5.82 Å². The molecule has 2 aliphatic rings. The second-order valence-corrected chi connectivity index (χ2v) is 2.67. The lowest BCUT2D eigenvalue weighted by Gasteiger charge is -2.25. The molecule has 0 spiro atoms. The van der Waals surface area contributed by atoms with E-state index in [0.29, 0.717) is 0 Å². The molecule has 0 N–H and O–H groups in total. The molecule has 0 aliphatic carbocycles. The highest BCUT2D eigenvalue weighted by Gasteiger charge is 2.17. The zero-order valence-corrected chi connectivity index (χ0v) is 6.81. The minimum absolute atomic E-state index is 0.796. The predicted octanol–water partition coefficient (Wildman–Crippen LogP) is -0.391. The van der Waals surface area contributed by atoms with E-state index in [1.165, 1.54) is 0 Å². The number of hydrogen-bond donors (Lipinski definition) is 0. The first-order valence-electron chi connectivity index (χ1n) is 4.05. The van der Waals surface area contributed by atoms with Gasteiger partial charge in [-0.15, -0.1) is 0 Å². The molecule has 0 bridgehead atoms. The Balaban J connectivity index is 2.03. The van der Waals surface area contributed by atoms with Crippen molar-refractivity contribution in [2.75, 3.05) is 26.3 Å². The van der Waals surface area contributed by atoms with Crippen LogP contribution in [0.5, 0.6) is 0 Å². The third-order valence-electron chi connectivity index (χ3n) is 1.90. The number of morpholine rings is 1. The molecule has 2 aliphatic heterocycles. The van der Waals surface area contributed by atoms with Crippen LogP contribution in [0.4, 0.5) is 0 Å². The third-order valence-corrected chi connectivity index (χ3v) is 1.90. The lowest BCUT2D eigenvalue weighted by Crippen LogP contribution is -2.35. The van der Waals surface area contributed by atoms with Crippen LogP contribution in [0.2, 0.25) is 0 Å². The summed E-state index contributed by atoms with van der Waals surface area (Å²) in [5.74, 6) is 0.994. The molecule has 63 valence electrons. The second kappa shape index (κ2) is 3.49. The molecular formula is C8H11N3O+. The van der Waals surface area contributed by atoms with Gasteiger partial charge in [-0.3, -0.25) is 0 Å². The minimum Gasteiger partial charge on any atom is -0.378 e. The molecule has 4 nitrogen and oxygen atoms in total. The zero-order chi connectivity index (χ0) is 8.23. The molecule has 1 saturated heterocycles. The maximum absolute atomic E-state index is 5.24. The van der Waals surface area contributed by atoms with Gasteiger partial charge in [0.15, 0.2) is 0 Å². The van der Waals surface area contributed by atoms with E-state index in [1.807, 2.05) is 6.08 Å². The van der Waals surface area contributed by atoms with Crippen LogP contribution in [0.25, 0.3) is 0 Å². The summed E-state index contributed by atoms with van der Waals surface area (Å²) in [6.07, 6.45) is 5.26. The van der Waals surface area contributed by atoms with E-state index in [9.17, 15) is 0 Å². The van der Waals surface area contributed by atoms with Gasteiger partial charge in [-0.1, -0.05) is 4.99 Å². The summed E-state index contributed by atoms with van der Waals surface area (Å²) in [6.45, 7) is 3.45. The van der Waals surface area contributed by atoms with Crippen LogP contribution in [-0.4, -0.2) is 43.8 Å². The first kappa shape index (κ1) is 7.49. The Labute approximate surface area is 71.3 Å². The monoisotopic (exact) mass is 165 g/mol. The lowest BCUT2D eigenvalue weighted by molar-refractivity contribution is 0.0532. The molecule has 0 unspecified atom stereocenters. The molecule has 12 heavy (non-hydrogen) atoms. The van der Waals surface area contributed by atoms with Crippen molar-refractivity contribution in [3.05, 3.63) is 11.9 Å². The molecule has 0 aromatic carbocycles. The summed E-state index contributed by atoms with van der Waals surface area (Å²) in [4.78, 5) is 10.2. The smallest absolute Gasteiger partial charge is 0.329 e. The Hall–Kier alpha value is -1.16. The third kappa shape index (κ3) is 1.53. The van der Waals surface area contributed by atoms with Crippen molar-refractivity contribution in [3.8, 4) is 0 Å². The summed E-state index contributed by atoms with van der Waals surface area (Å²) < 4.78 is 5.24. The lowest BCUT2D eigenvalue weighted by atomic mass is 10.4. The van der Waals surface area contributed by atoms with Gasteiger partial charge in [0, 0.05) is 13.1 Å². The van der Waals surface area contributed by atoms with Crippen LogP contribution in [0.3, 0.4) is 0 Å². The fraction of sp³-hybridized carbons (Fsp3) is 0.500. The topological polar surface area (TPSA) is 38.9 Å². The van der Waals surface area contributed by atoms with E-state index < -0.39 is 0 Å². The van der Waals surface area contributed by atoms with Crippen molar-refractivity contribution in [2.45, 2.75) is 0 Å². The maximum Gasteiger partial charge on any atom is 0.329 e. The van der Waals surface area contributed by atoms with Gasteiger partial charge in [0.05, 0.1) is 19.3 Å². The van der Waals surface area contributed by atoms with Crippen LogP contribution < -0.4 is 4.99 Å². The van der Waals surface area contributed by atoms with Crippen molar-refractivity contribution < 1.29 is 4.74 Å². The van der Waals surface area contributed by atoms with Crippen molar-refractivity contribution >= 4 is 12.6 Å². The number of allylic oxidation sites excluding steroid dienone is 1. The van der Waals surface area contributed by atoms with Crippen LogP contribution in [0.1, 0.15) is 0 Å². The minimum atomic E-state index is 0.796. The Bertz CT molecular complexity index is 239. The number of rotatable bonds is 1. The highest BCUT2D eigenvalue weighted by atomic mass is 16.5. The quantitative estimate of drug-likeness (QED) is 0.530. The molecule has 2 heterocycles. The maximum atomic E-state index is 5.24. The molecule has 2 rings (SSSR count). The summed E-state index contributed by atoms with van der Waals surface area (Å²) in [7, 11) is 0. The van der Waals surface area contributed by atoms with Gasteiger partial charge < -0.3 is 9.64 Å². The SMILES string of the molecule is C1=NC(N2CCOCC2)=CC=[N+]1. The van der Waals surface area contributed by atoms with E-state index in [0.717, 1.165) is 32.1 Å². The highest BCUT2D eigenvalue weighted by Crippen LogP contribution is 2.08. The first-order chi connectivity index (χ1) is 5.97. The van der Waals surface area contributed by atoms with E-state index in [-0.39, 0.29) is 0 Å². The summed E-state index contributed by atoms with van der Waals surface area (Å²) in [6, 6.07) is 0. The van der Waals surface area contributed by atoms with Crippen molar-refractivity contribution in [1.29, 1.82) is 0 Å². The van der Waals surface area contributed by atoms with Gasteiger partial charge in [-0.05, 0) is 4.99 Å². The zero-order valence-electron chi connectivity index (χ0n) is 6.81. The molecule has 1 radical (unpaired) electrons. The molecule has 0 aromatic rings. The standard InChI is InChI=1S/C8H11N3O/c1-2-9-7-10-8(1)11-3-5-12-6-4-11/h1-2,7H,3-6H2/q+1. The van der Waals surface area contributed by atoms with Crippen molar-refractivity contribution in [2.24, 2.45) is 4.99 Å². The van der Waals surface area contributed by atoms with E-state index >= 15 is 0 Å². The number of nitrogens with zero attached hydrogens (tertiary/aromatic N) is 3. The predicted molar refractivity (Wildman–Crippen MR) is 47.2 cm³/mol. The number of aliphatic imine (C=N–C) groups is 2. The number of ether oxygens (including phenoxy) is 1. The summed E-state index contributed by atoms with van der Waals surface area (Å²) >= 11 is 0. The summed E-state index contributed by atoms with van der Waals surface area (Å²) in [5, 5.41) is 0. The first-order valence-corrected chi connectivity index (χ1v) is 4.05. The largest absolute Gasteiger partial charge is 0.378 e.